The van der Waals surface area contributed by atoms with E-state index in [2.05, 4.69) is 14.9 Å². The summed E-state index contributed by atoms with van der Waals surface area (Å²) >= 11 is 0. The molecule has 8 heteroatoms. The first kappa shape index (κ1) is 20.4. The normalized spacial score (nSPS) is 17.1. The lowest BCUT2D eigenvalue weighted by Crippen LogP contribution is -2.44. The maximum Gasteiger partial charge on any atom is 0.277 e. The largest absolute Gasteiger partial charge is 0.341 e. The van der Waals surface area contributed by atoms with Crippen LogP contribution in [0.25, 0.3) is 21.9 Å². The van der Waals surface area contributed by atoms with Crippen LogP contribution >= 0.6 is 0 Å². The SMILES string of the molecule is CC=CCn1c(N2CCCC(N)C2)nc2ccn(Cc3ncc4ccccc4n3)c(=O)c21. The van der Waals surface area contributed by atoms with Crippen LogP contribution in [0.4, 0.5) is 5.95 Å². The number of rotatable bonds is 5. The van der Waals surface area contributed by atoms with Gasteiger partial charge in [0, 0.05) is 43.5 Å². The van der Waals surface area contributed by atoms with E-state index in [0.717, 1.165) is 42.8 Å². The van der Waals surface area contributed by atoms with Crippen molar-refractivity contribution < 1.29 is 0 Å². The number of pyridine rings is 1. The number of anilines is 1. The summed E-state index contributed by atoms with van der Waals surface area (Å²) in [6.07, 6.45) is 9.65. The van der Waals surface area contributed by atoms with E-state index >= 15 is 0 Å². The van der Waals surface area contributed by atoms with E-state index in [9.17, 15) is 4.79 Å². The average molecular weight is 430 g/mol. The minimum Gasteiger partial charge on any atom is -0.341 e. The zero-order chi connectivity index (χ0) is 22.1. The van der Waals surface area contributed by atoms with Crippen LogP contribution in [-0.4, -0.2) is 43.2 Å². The Morgan fingerprint density at radius 2 is 2.06 bits per heavy atom. The third-order valence-corrected chi connectivity index (χ3v) is 5.97. The molecule has 1 fully saturated rings. The number of aromatic nitrogens is 5. The fraction of sp³-hybridized carbons (Fsp3) is 0.333. The van der Waals surface area contributed by atoms with E-state index < -0.39 is 0 Å². The molecule has 1 aliphatic rings. The summed E-state index contributed by atoms with van der Waals surface area (Å²) in [5.74, 6) is 1.41. The molecule has 0 spiro atoms. The Hall–Kier alpha value is -3.52. The standard InChI is InChI=1S/C24H27N7O/c1-2-3-12-31-22-20(28-24(31)30-11-6-8-18(25)15-30)10-13-29(23(22)32)16-21-26-14-17-7-4-5-9-19(17)27-21/h2-5,7,9-10,13-14,18H,6,8,11-12,15-16,25H2,1H3. The average Bonchev–Trinajstić information content (AvgIpc) is 3.19. The number of imidazole rings is 1. The van der Waals surface area contributed by atoms with Crippen LogP contribution in [-0.2, 0) is 13.1 Å². The molecule has 164 valence electrons. The third kappa shape index (κ3) is 3.78. The molecule has 1 aromatic carbocycles. The summed E-state index contributed by atoms with van der Waals surface area (Å²) in [5.41, 5.74) is 8.29. The predicted octanol–water partition coefficient (Wildman–Crippen LogP) is 2.69. The predicted molar refractivity (Wildman–Crippen MR) is 127 cm³/mol. The van der Waals surface area contributed by atoms with Crippen molar-refractivity contribution in [3.05, 3.63) is 71.1 Å². The lowest BCUT2D eigenvalue weighted by Gasteiger charge is -2.31. The third-order valence-electron chi connectivity index (χ3n) is 5.97. The van der Waals surface area contributed by atoms with E-state index in [1.165, 1.54) is 0 Å². The first-order valence-electron chi connectivity index (χ1n) is 11.1. The van der Waals surface area contributed by atoms with Gasteiger partial charge in [0.1, 0.15) is 11.3 Å². The number of nitrogens with zero attached hydrogens (tertiary/aromatic N) is 6. The second-order valence-corrected chi connectivity index (χ2v) is 8.27. The fourth-order valence-electron chi connectivity index (χ4n) is 4.35. The van der Waals surface area contributed by atoms with Crippen molar-refractivity contribution in [3.8, 4) is 0 Å². The molecule has 1 unspecified atom stereocenters. The van der Waals surface area contributed by atoms with Crippen LogP contribution in [0.2, 0.25) is 0 Å². The van der Waals surface area contributed by atoms with E-state index in [1.54, 1.807) is 17.0 Å². The van der Waals surface area contributed by atoms with Gasteiger partial charge in [0.2, 0.25) is 5.95 Å². The van der Waals surface area contributed by atoms with Crippen molar-refractivity contribution in [2.24, 2.45) is 5.73 Å². The molecule has 2 N–H and O–H groups in total. The van der Waals surface area contributed by atoms with Crippen LogP contribution in [0.1, 0.15) is 25.6 Å². The summed E-state index contributed by atoms with van der Waals surface area (Å²) in [5, 5.41) is 0.979. The van der Waals surface area contributed by atoms with Crippen molar-refractivity contribution in [2.45, 2.75) is 38.9 Å². The number of fused-ring (bicyclic) bond motifs is 2. The molecule has 4 aromatic rings. The zero-order valence-corrected chi connectivity index (χ0v) is 18.2. The highest BCUT2D eigenvalue weighted by atomic mass is 16.1. The van der Waals surface area contributed by atoms with Crippen LogP contribution in [0.5, 0.6) is 0 Å². The highest BCUT2D eigenvalue weighted by Gasteiger charge is 2.24. The topological polar surface area (TPSA) is 94.9 Å². The quantitative estimate of drug-likeness (QED) is 0.490. The van der Waals surface area contributed by atoms with Gasteiger partial charge in [-0.25, -0.2) is 15.0 Å². The van der Waals surface area contributed by atoms with Crippen LogP contribution in [0.15, 0.2) is 59.7 Å². The molecular formula is C24H27N7O. The van der Waals surface area contributed by atoms with Gasteiger partial charge >= 0.3 is 0 Å². The zero-order valence-electron chi connectivity index (χ0n) is 18.2. The van der Waals surface area contributed by atoms with Gasteiger partial charge in [-0.2, -0.15) is 0 Å². The van der Waals surface area contributed by atoms with Gasteiger partial charge < -0.3 is 19.8 Å². The smallest absolute Gasteiger partial charge is 0.277 e. The number of allylic oxidation sites excluding steroid dienone is 2. The molecule has 1 atom stereocenters. The number of hydrogen-bond acceptors (Lipinski definition) is 6. The molecule has 8 nitrogen and oxygen atoms in total. The molecule has 1 aliphatic heterocycles. The van der Waals surface area contributed by atoms with Crippen molar-refractivity contribution in [3.63, 3.8) is 0 Å². The van der Waals surface area contributed by atoms with Crippen molar-refractivity contribution in [1.82, 2.24) is 24.1 Å². The van der Waals surface area contributed by atoms with Gasteiger partial charge in [0.15, 0.2) is 0 Å². The van der Waals surface area contributed by atoms with Gasteiger partial charge in [0.25, 0.3) is 5.56 Å². The maximum atomic E-state index is 13.5. The van der Waals surface area contributed by atoms with Gasteiger partial charge in [-0.05, 0) is 31.9 Å². The highest BCUT2D eigenvalue weighted by molar-refractivity contribution is 5.78. The molecule has 0 aliphatic carbocycles. The first-order chi connectivity index (χ1) is 15.6. The number of hydrogen-bond donors (Lipinski definition) is 1. The Labute approximate surface area is 186 Å². The molecular weight excluding hydrogens is 402 g/mol. The van der Waals surface area contributed by atoms with Gasteiger partial charge in [-0.1, -0.05) is 30.4 Å². The second-order valence-electron chi connectivity index (χ2n) is 8.27. The van der Waals surface area contributed by atoms with Crippen LogP contribution in [0.3, 0.4) is 0 Å². The van der Waals surface area contributed by atoms with Crippen molar-refractivity contribution in [2.75, 3.05) is 18.0 Å². The molecule has 0 amide bonds. The number of nitrogens with two attached hydrogens (primary N) is 1. The minimum atomic E-state index is -0.0937. The minimum absolute atomic E-state index is 0.0937. The molecule has 0 saturated carbocycles. The molecule has 0 bridgehead atoms. The summed E-state index contributed by atoms with van der Waals surface area (Å²) in [6.45, 7) is 4.51. The second kappa shape index (κ2) is 8.55. The van der Waals surface area contributed by atoms with Gasteiger partial charge in [-0.3, -0.25) is 4.79 Å². The summed E-state index contributed by atoms with van der Waals surface area (Å²) < 4.78 is 3.67. The van der Waals surface area contributed by atoms with E-state index in [4.69, 9.17) is 10.7 Å². The lowest BCUT2D eigenvalue weighted by molar-refractivity contribution is 0.495. The Morgan fingerprint density at radius 1 is 1.19 bits per heavy atom. The Morgan fingerprint density at radius 3 is 2.91 bits per heavy atom. The molecule has 3 aromatic heterocycles. The number of piperidine rings is 1. The fourth-order valence-corrected chi connectivity index (χ4v) is 4.35. The Kier molecular flexibility index (Phi) is 5.45. The lowest BCUT2D eigenvalue weighted by atomic mass is 10.1. The van der Waals surface area contributed by atoms with E-state index in [0.29, 0.717) is 29.9 Å². The molecule has 5 rings (SSSR count). The van der Waals surface area contributed by atoms with Crippen molar-refractivity contribution >= 4 is 27.9 Å². The summed E-state index contributed by atoms with van der Waals surface area (Å²) in [6, 6.07) is 9.87. The monoisotopic (exact) mass is 429 g/mol. The van der Waals surface area contributed by atoms with Crippen LogP contribution in [0, 0.1) is 0 Å². The molecule has 0 radical (unpaired) electrons. The Bertz CT molecular complexity index is 1350. The Balaban J connectivity index is 1.57. The van der Waals surface area contributed by atoms with Crippen molar-refractivity contribution in [1.29, 1.82) is 0 Å². The molecule has 4 heterocycles. The van der Waals surface area contributed by atoms with E-state index in [-0.39, 0.29) is 11.6 Å². The summed E-state index contributed by atoms with van der Waals surface area (Å²) in [4.78, 5) is 29.6. The number of para-hydroxylation sites is 1. The molecule has 1 saturated heterocycles. The van der Waals surface area contributed by atoms with Gasteiger partial charge in [-0.15, -0.1) is 0 Å². The molecule has 32 heavy (non-hydrogen) atoms. The number of benzene rings is 1. The summed E-state index contributed by atoms with van der Waals surface area (Å²) in [7, 11) is 0. The van der Waals surface area contributed by atoms with Gasteiger partial charge in [0.05, 0.1) is 17.6 Å². The van der Waals surface area contributed by atoms with E-state index in [1.807, 2.05) is 54.0 Å². The highest BCUT2D eigenvalue weighted by Crippen LogP contribution is 2.23. The maximum absolute atomic E-state index is 13.5. The van der Waals surface area contributed by atoms with Crippen LogP contribution < -0.4 is 16.2 Å². The first-order valence-corrected chi connectivity index (χ1v) is 11.1.